The van der Waals surface area contributed by atoms with Crippen molar-refractivity contribution in [3.63, 3.8) is 0 Å². The summed E-state index contributed by atoms with van der Waals surface area (Å²) in [6.45, 7) is 3.75. The third-order valence-electron chi connectivity index (χ3n) is 3.89. The molecule has 0 atom stereocenters. The van der Waals surface area contributed by atoms with E-state index >= 15 is 0 Å². The Morgan fingerprint density at radius 2 is 1.10 bits per heavy atom. The van der Waals surface area contributed by atoms with E-state index in [1.807, 2.05) is 32.0 Å². The maximum atomic E-state index is 6.21. The molecule has 0 saturated heterocycles. The predicted molar refractivity (Wildman–Crippen MR) is 121 cm³/mol. The first-order valence-electron chi connectivity index (χ1n) is 8.32. The van der Waals surface area contributed by atoms with Crippen molar-refractivity contribution in [2.75, 3.05) is 0 Å². The van der Waals surface area contributed by atoms with Crippen LogP contribution >= 0.6 is 46.4 Å². The van der Waals surface area contributed by atoms with Gasteiger partial charge in [0.1, 0.15) is 0 Å². The molecule has 0 spiro atoms. The van der Waals surface area contributed by atoms with Crippen LogP contribution in [0.3, 0.4) is 0 Å². The number of halogens is 4. The monoisotopic (exact) mass is 505 g/mol. The number of rotatable bonds is 4. The first kappa shape index (κ1) is 23.9. The molecule has 3 aromatic rings. The van der Waals surface area contributed by atoms with E-state index in [4.69, 9.17) is 46.4 Å². The number of hydrogen-bond acceptors (Lipinski definition) is 3. The molecule has 0 bridgehead atoms. The SMILES string of the molecule is CC(=Nc1ccc(Cl)cc1Cl)c1cccc(C(C)=Nc2ccc(Cl)cc2Cl)n1.[Fe]. The minimum atomic E-state index is 0. The Morgan fingerprint density at radius 1 is 0.690 bits per heavy atom. The van der Waals surface area contributed by atoms with E-state index in [0.717, 1.165) is 22.8 Å². The molecule has 0 aliphatic carbocycles. The van der Waals surface area contributed by atoms with Crippen molar-refractivity contribution >= 4 is 69.2 Å². The van der Waals surface area contributed by atoms with Crippen molar-refractivity contribution < 1.29 is 17.1 Å². The normalized spacial score (nSPS) is 11.9. The van der Waals surface area contributed by atoms with Gasteiger partial charge in [-0.25, -0.2) is 15.0 Å². The Labute approximate surface area is 200 Å². The van der Waals surface area contributed by atoms with Gasteiger partial charge in [0.05, 0.1) is 44.2 Å². The molecule has 0 aliphatic heterocycles. The molecule has 3 rings (SSSR count). The van der Waals surface area contributed by atoms with Gasteiger partial charge in [0.2, 0.25) is 0 Å². The quantitative estimate of drug-likeness (QED) is 0.261. The molecule has 0 amide bonds. The third kappa shape index (κ3) is 6.29. The summed E-state index contributed by atoms with van der Waals surface area (Å²) < 4.78 is 0. The van der Waals surface area contributed by atoms with Gasteiger partial charge in [0.25, 0.3) is 0 Å². The molecule has 3 nitrogen and oxygen atoms in total. The molecular weight excluding hydrogens is 492 g/mol. The van der Waals surface area contributed by atoms with Crippen molar-refractivity contribution in [2.45, 2.75) is 13.8 Å². The number of nitrogens with zero attached hydrogens (tertiary/aromatic N) is 3. The van der Waals surface area contributed by atoms with E-state index < -0.39 is 0 Å². The summed E-state index contributed by atoms with van der Waals surface area (Å²) in [5.41, 5.74) is 4.16. The molecule has 29 heavy (non-hydrogen) atoms. The summed E-state index contributed by atoms with van der Waals surface area (Å²) >= 11 is 24.3. The molecule has 2 aromatic carbocycles. The van der Waals surface area contributed by atoms with Crippen molar-refractivity contribution in [3.8, 4) is 0 Å². The van der Waals surface area contributed by atoms with Crippen molar-refractivity contribution in [3.05, 3.63) is 86.1 Å². The van der Waals surface area contributed by atoms with Crippen LogP contribution in [0.25, 0.3) is 0 Å². The summed E-state index contributed by atoms with van der Waals surface area (Å²) in [7, 11) is 0. The summed E-state index contributed by atoms with van der Waals surface area (Å²) in [6, 6.07) is 16.0. The second kappa shape index (κ2) is 10.6. The van der Waals surface area contributed by atoms with E-state index in [1.54, 1.807) is 36.4 Å². The molecule has 0 fully saturated rings. The van der Waals surface area contributed by atoms with Crippen molar-refractivity contribution in [1.29, 1.82) is 0 Å². The molecule has 0 N–H and O–H groups in total. The maximum absolute atomic E-state index is 6.21. The van der Waals surface area contributed by atoms with Gasteiger partial charge in [0.15, 0.2) is 0 Å². The molecule has 1 heterocycles. The fourth-order valence-electron chi connectivity index (χ4n) is 2.46. The summed E-state index contributed by atoms with van der Waals surface area (Å²) in [5, 5.41) is 2.10. The smallest absolute Gasteiger partial charge is 0.0849 e. The Hall–Kier alpha value is -1.39. The van der Waals surface area contributed by atoms with Gasteiger partial charge in [-0.1, -0.05) is 52.5 Å². The van der Waals surface area contributed by atoms with Gasteiger partial charge in [-0.3, -0.25) is 0 Å². The van der Waals surface area contributed by atoms with Gasteiger partial charge in [-0.15, -0.1) is 0 Å². The van der Waals surface area contributed by atoms with Gasteiger partial charge < -0.3 is 0 Å². The summed E-state index contributed by atoms with van der Waals surface area (Å²) in [6.07, 6.45) is 0. The van der Waals surface area contributed by atoms with Gasteiger partial charge in [0, 0.05) is 27.1 Å². The zero-order chi connectivity index (χ0) is 20.3. The topological polar surface area (TPSA) is 37.6 Å². The van der Waals surface area contributed by atoms with E-state index in [0.29, 0.717) is 31.5 Å². The van der Waals surface area contributed by atoms with E-state index in [1.165, 1.54) is 0 Å². The van der Waals surface area contributed by atoms with Gasteiger partial charge in [-0.05, 0) is 62.4 Å². The molecule has 0 unspecified atom stereocenters. The van der Waals surface area contributed by atoms with Crippen LogP contribution in [0.15, 0.2) is 64.6 Å². The molecule has 0 saturated carbocycles. The Bertz CT molecular complexity index is 1010. The van der Waals surface area contributed by atoms with Crippen LogP contribution in [0.5, 0.6) is 0 Å². The number of aromatic nitrogens is 1. The Morgan fingerprint density at radius 3 is 1.48 bits per heavy atom. The van der Waals surface area contributed by atoms with Crippen LogP contribution in [-0.2, 0) is 17.1 Å². The standard InChI is InChI=1S/C21H15Cl4N3.Fe/c1-12(26-20-8-6-14(22)10-16(20)24)18-4-3-5-19(28-18)13(2)27-21-9-7-15(23)11-17(21)25;/h3-11H,1-2H3;. The second-order valence-electron chi connectivity index (χ2n) is 5.99. The summed E-state index contributed by atoms with van der Waals surface area (Å²) in [4.78, 5) is 13.8. The molecule has 0 radical (unpaired) electrons. The Kier molecular flexibility index (Phi) is 8.72. The fraction of sp³-hybridized carbons (Fsp3) is 0.0952. The number of pyridine rings is 1. The minimum absolute atomic E-state index is 0. The van der Waals surface area contributed by atoms with Gasteiger partial charge in [-0.2, -0.15) is 0 Å². The zero-order valence-corrected chi connectivity index (χ0v) is 19.5. The number of benzene rings is 2. The number of hydrogen-bond donors (Lipinski definition) is 0. The van der Waals surface area contributed by atoms with Crippen LogP contribution in [0.4, 0.5) is 11.4 Å². The molecular formula is C21H15Cl4FeN3. The predicted octanol–water partition coefficient (Wildman–Crippen LogP) is 7.97. The van der Waals surface area contributed by atoms with E-state index in [9.17, 15) is 0 Å². The minimum Gasteiger partial charge on any atom is -0.250 e. The molecule has 8 heteroatoms. The molecule has 0 aliphatic rings. The van der Waals surface area contributed by atoms with Crippen molar-refractivity contribution in [2.24, 2.45) is 9.98 Å². The largest absolute Gasteiger partial charge is 0.250 e. The van der Waals surface area contributed by atoms with E-state index in [-0.39, 0.29) is 17.1 Å². The molecule has 150 valence electrons. The third-order valence-corrected chi connectivity index (χ3v) is 4.96. The average Bonchev–Trinajstić information content (AvgIpc) is 2.66. The van der Waals surface area contributed by atoms with Crippen LogP contribution in [0.2, 0.25) is 20.1 Å². The van der Waals surface area contributed by atoms with Crippen LogP contribution in [0, 0.1) is 0 Å². The van der Waals surface area contributed by atoms with Crippen LogP contribution in [0.1, 0.15) is 25.2 Å². The Balaban J connectivity index is 0.00000300. The number of aliphatic imine (C=N–C) groups is 2. The maximum Gasteiger partial charge on any atom is 0.0849 e. The second-order valence-corrected chi connectivity index (χ2v) is 7.68. The first-order chi connectivity index (χ1) is 13.3. The van der Waals surface area contributed by atoms with Crippen LogP contribution < -0.4 is 0 Å². The van der Waals surface area contributed by atoms with Crippen molar-refractivity contribution in [1.82, 2.24) is 4.98 Å². The molecule has 1 aromatic heterocycles. The van der Waals surface area contributed by atoms with Crippen LogP contribution in [-0.4, -0.2) is 16.4 Å². The zero-order valence-electron chi connectivity index (χ0n) is 15.4. The average molecular weight is 507 g/mol. The fourth-order valence-corrected chi connectivity index (χ4v) is 3.36. The first-order valence-corrected chi connectivity index (χ1v) is 9.83. The van der Waals surface area contributed by atoms with Gasteiger partial charge >= 0.3 is 0 Å². The summed E-state index contributed by atoms with van der Waals surface area (Å²) in [5.74, 6) is 0. The van der Waals surface area contributed by atoms with E-state index in [2.05, 4.69) is 15.0 Å².